The van der Waals surface area contributed by atoms with Crippen LogP contribution >= 0.6 is 12.2 Å². The van der Waals surface area contributed by atoms with Gasteiger partial charge in [-0.1, -0.05) is 0 Å². The number of benzene rings is 1. The number of aromatic nitrogens is 1. The summed E-state index contributed by atoms with van der Waals surface area (Å²) in [6.07, 6.45) is -0.250. The number of likely N-dealkylation sites (N-methyl/N-ethyl adjacent to an activating group) is 1. The summed E-state index contributed by atoms with van der Waals surface area (Å²) in [5, 5.41) is 9.00. The van der Waals surface area contributed by atoms with E-state index in [4.69, 9.17) is 4.74 Å². The molecular weight excluding hydrogens is 456 g/mol. The lowest BCUT2D eigenvalue weighted by atomic mass is 10.2. The Morgan fingerprint density at radius 3 is 2.55 bits per heavy atom. The summed E-state index contributed by atoms with van der Waals surface area (Å²) in [5.41, 5.74) is 0.967. The van der Waals surface area contributed by atoms with E-state index < -0.39 is 29.3 Å². The number of amides is 2. The van der Waals surface area contributed by atoms with Crippen molar-refractivity contribution in [1.29, 1.82) is 0 Å². The van der Waals surface area contributed by atoms with E-state index in [1.54, 1.807) is 17.0 Å². The number of anilines is 2. The van der Waals surface area contributed by atoms with Crippen molar-refractivity contribution in [3.05, 3.63) is 53.9 Å². The van der Waals surface area contributed by atoms with E-state index in [0.29, 0.717) is 43.1 Å². The molecule has 2 aliphatic rings. The monoisotopic (exact) mass is 477 g/mol. The number of nitrogens with zero attached hydrogens (tertiary/aromatic N) is 5. The summed E-state index contributed by atoms with van der Waals surface area (Å²) in [4.78, 5) is 34.2. The number of thiocarbonyl (C=S) groups is 1. The predicted octanol–water partition coefficient (Wildman–Crippen LogP) is 2.38. The van der Waals surface area contributed by atoms with Gasteiger partial charge in [0.2, 0.25) is 5.95 Å². The van der Waals surface area contributed by atoms with Gasteiger partial charge in [-0.05, 0) is 42.5 Å². The van der Waals surface area contributed by atoms with Gasteiger partial charge in [0.15, 0.2) is 6.23 Å². The van der Waals surface area contributed by atoms with Crippen LogP contribution in [0.4, 0.5) is 25.0 Å². The third-order valence-electron chi connectivity index (χ3n) is 5.65. The molecule has 2 aliphatic heterocycles. The summed E-state index contributed by atoms with van der Waals surface area (Å²) < 4.78 is 33.1. The summed E-state index contributed by atoms with van der Waals surface area (Å²) in [6, 6.07) is 6.95. The second-order valence-corrected chi connectivity index (χ2v) is 7.99. The van der Waals surface area contributed by atoms with E-state index >= 15 is 0 Å². The average Bonchev–Trinajstić information content (AvgIpc) is 3.20. The number of hydrogen-bond acceptors (Lipinski definition) is 6. The molecule has 0 spiro atoms. The van der Waals surface area contributed by atoms with Gasteiger partial charge in [-0.2, -0.15) is 4.39 Å². The van der Waals surface area contributed by atoms with Crippen molar-refractivity contribution in [2.24, 2.45) is 0 Å². The Balaban J connectivity index is 1.40. The summed E-state index contributed by atoms with van der Waals surface area (Å²) in [6.45, 7) is 1.62. The van der Waals surface area contributed by atoms with Gasteiger partial charge in [0.05, 0.1) is 23.5 Å². The topological polar surface area (TPSA) is 89.5 Å². The van der Waals surface area contributed by atoms with Crippen LogP contribution in [0.25, 0.3) is 0 Å². The first kappa shape index (κ1) is 22.6. The van der Waals surface area contributed by atoms with Crippen LogP contribution in [-0.2, 0) is 4.74 Å². The highest BCUT2D eigenvalue weighted by Crippen LogP contribution is 2.29. The minimum atomic E-state index is -0.778. The smallest absolute Gasteiger partial charge is 0.416 e. The van der Waals surface area contributed by atoms with Crippen LogP contribution in [-0.4, -0.2) is 83.1 Å². The zero-order valence-electron chi connectivity index (χ0n) is 17.6. The number of piperazine rings is 1. The first-order valence-electron chi connectivity index (χ1n) is 10.1. The molecule has 2 saturated heterocycles. The largest absolute Gasteiger partial charge is 0.486 e. The Bertz CT molecular complexity index is 1080. The van der Waals surface area contributed by atoms with E-state index in [2.05, 4.69) is 17.2 Å². The van der Waals surface area contributed by atoms with Crippen molar-refractivity contribution >= 4 is 40.8 Å². The van der Waals surface area contributed by atoms with Gasteiger partial charge in [-0.3, -0.25) is 14.6 Å². The van der Waals surface area contributed by atoms with Gasteiger partial charge in [0.25, 0.3) is 11.1 Å². The normalized spacial score (nSPS) is 18.3. The predicted molar refractivity (Wildman–Crippen MR) is 119 cm³/mol. The van der Waals surface area contributed by atoms with Crippen LogP contribution in [0.5, 0.6) is 0 Å². The second kappa shape index (κ2) is 9.14. The number of rotatable bonds is 4. The van der Waals surface area contributed by atoms with E-state index in [9.17, 15) is 23.5 Å². The van der Waals surface area contributed by atoms with Crippen molar-refractivity contribution in [3.63, 3.8) is 0 Å². The van der Waals surface area contributed by atoms with Crippen molar-refractivity contribution in [2.75, 3.05) is 49.6 Å². The maximum absolute atomic E-state index is 14.9. The third-order valence-corrected chi connectivity index (χ3v) is 5.94. The highest BCUT2D eigenvalue weighted by atomic mass is 32.1. The van der Waals surface area contributed by atoms with Crippen molar-refractivity contribution < 1.29 is 28.2 Å². The Kier molecular flexibility index (Phi) is 6.27. The molecule has 1 unspecified atom stereocenters. The number of carbonyl (C=O) groups excluding carboxylic acids is 2. The maximum atomic E-state index is 14.9. The van der Waals surface area contributed by atoms with Gasteiger partial charge in [0, 0.05) is 39.4 Å². The van der Waals surface area contributed by atoms with Gasteiger partial charge in [-0.15, -0.1) is 0 Å². The fourth-order valence-corrected chi connectivity index (χ4v) is 3.86. The zero-order valence-corrected chi connectivity index (χ0v) is 18.5. The van der Waals surface area contributed by atoms with Crippen LogP contribution in [0.3, 0.4) is 0 Å². The minimum Gasteiger partial charge on any atom is -0.486 e. The fourth-order valence-electron chi connectivity index (χ4n) is 3.74. The average molecular weight is 477 g/mol. The van der Waals surface area contributed by atoms with E-state index in [-0.39, 0.29) is 12.5 Å². The molecule has 3 heterocycles. The number of cyclic esters (lactones) is 1. The van der Waals surface area contributed by atoms with Crippen LogP contribution in [0.15, 0.2) is 36.5 Å². The van der Waals surface area contributed by atoms with Crippen molar-refractivity contribution in [1.82, 2.24) is 14.8 Å². The molecule has 0 bridgehead atoms. The fraction of sp³-hybridized carbons (Fsp3) is 0.333. The lowest BCUT2D eigenvalue weighted by molar-refractivity contribution is 0.0707. The molecule has 0 aliphatic carbocycles. The SMILES string of the molecule is CN(C(O)=S)C1CN(c2ccc(N3CCN(C(=O)c4ccc(F)nc4)CC3)c(F)c2)C(=O)O1. The van der Waals surface area contributed by atoms with Crippen LogP contribution in [0.1, 0.15) is 10.4 Å². The molecule has 12 heteroatoms. The summed E-state index contributed by atoms with van der Waals surface area (Å²) in [5.74, 6) is -1.43. The second-order valence-electron chi connectivity index (χ2n) is 7.63. The lowest BCUT2D eigenvalue weighted by Crippen LogP contribution is -2.49. The number of hydrogen-bond donors (Lipinski definition) is 1. The molecule has 1 aromatic carbocycles. The molecular formula is C21H21F2N5O4S. The highest BCUT2D eigenvalue weighted by Gasteiger charge is 2.36. The van der Waals surface area contributed by atoms with Crippen LogP contribution in [0, 0.1) is 11.8 Å². The first-order valence-corrected chi connectivity index (χ1v) is 10.5. The van der Waals surface area contributed by atoms with Crippen molar-refractivity contribution in [3.8, 4) is 0 Å². The molecule has 1 aromatic heterocycles. The molecule has 1 N–H and O–H groups in total. The molecule has 9 nitrogen and oxygen atoms in total. The molecule has 2 fully saturated rings. The van der Waals surface area contributed by atoms with Crippen LogP contribution in [0.2, 0.25) is 0 Å². The molecule has 1 atom stereocenters. The Labute approximate surface area is 193 Å². The Morgan fingerprint density at radius 2 is 1.94 bits per heavy atom. The van der Waals surface area contributed by atoms with Gasteiger partial charge >= 0.3 is 6.09 Å². The number of carbonyl (C=O) groups is 2. The maximum Gasteiger partial charge on any atom is 0.416 e. The highest BCUT2D eigenvalue weighted by molar-refractivity contribution is 7.79. The van der Waals surface area contributed by atoms with Gasteiger partial charge in [0.1, 0.15) is 5.82 Å². The molecule has 2 amide bonds. The number of ether oxygens (including phenoxy) is 1. The third kappa shape index (κ3) is 4.65. The van der Waals surface area contributed by atoms with E-state index in [0.717, 1.165) is 6.07 Å². The quantitative estimate of drug-likeness (QED) is 0.531. The van der Waals surface area contributed by atoms with E-state index in [1.807, 2.05) is 4.90 Å². The Morgan fingerprint density at radius 1 is 1.21 bits per heavy atom. The molecule has 4 rings (SSSR count). The van der Waals surface area contributed by atoms with Crippen molar-refractivity contribution in [2.45, 2.75) is 6.23 Å². The number of aliphatic hydroxyl groups excluding tert-OH is 1. The molecule has 0 radical (unpaired) electrons. The van der Waals surface area contributed by atoms with E-state index in [1.165, 1.54) is 35.2 Å². The molecule has 33 heavy (non-hydrogen) atoms. The lowest BCUT2D eigenvalue weighted by Gasteiger charge is -2.36. The van der Waals surface area contributed by atoms with Gasteiger partial charge in [-0.25, -0.2) is 14.2 Å². The number of aliphatic hydroxyl groups is 1. The van der Waals surface area contributed by atoms with Crippen LogP contribution < -0.4 is 9.80 Å². The first-order chi connectivity index (χ1) is 15.7. The summed E-state index contributed by atoms with van der Waals surface area (Å²) in [7, 11) is 1.49. The number of halogens is 2. The standard InChI is InChI=1S/C21H21F2N5O4S/c1-25(21(31)33)18-12-28(20(30)32-18)14-3-4-16(15(22)10-14)26-6-8-27(9-7-26)19(29)13-2-5-17(23)24-11-13/h2-5,10-11,18H,6-9,12H2,1H3,(H,31,33). The number of pyridine rings is 1. The summed E-state index contributed by atoms with van der Waals surface area (Å²) >= 11 is 4.68. The molecule has 174 valence electrons. The Hall–Kier alpha value is -3.54. The molecule has 2 aromatic rings. The molecule has 0 saturated carbocycles. The minimum absolute atomic E-state index is 0.0772. The van der Waals surface area contributed by atoms with Gasteiger partial charge < -0.3 is 19.6 Å². The zero-order chi connectivity index (χ0) is 23.7.